The number of carbonyl (C=O) groups excluding carboxylic acids is 2. The average molecular weight is 318 g/mol. The Morgan fingerprint density at radius 3 is 2.83 bits per heavy atom. The van der Waals surface area contributed by atoms with Crippen LogP contribution in [0.1, 0.15) is 16.1 Å². The van der Waals surface area contributed by atoms with Gasteiger partial charge in [-0.15, -0.1) is 5.10 Å². The highest BCUT2D eigenvalue weighted by atomic mass is 16.5. The molecule has 2 heterocycles. The monoisotopic (exact) mass is 318 g/mol. The highest BCUT2D eigenvalue weighted by Gasteiger charge is 2.21. The van der Waals surface area contributed by atoms with Gasteiger partial charge in [-0.05, 0) is 13.0 Å². The SMILES string of the molecule is COc1nn(C)cc1C(=O)N(C)CC(=O)Nc1nccc(C)n1. The fraction of sp³-hybridized carbons (Fsp3) is 0.357. The van der Waals surface area contributed by atoms with Gasteiger partial charge in [-0.1, -0.05) is 0 Å². The number of anilines is 1. The van der Waals surface area contributed by atoms with E-state index in [-0.39, 0.29) is 29.8 Å². The van der Waals surface area contributed by atoms with Crippen LogP contribution in [-0.2, 0) is 11.8 Å². The summed E-state index contributed by atoms with van der Waals surface area (Å²) >= 11 is 0. The van der Waals surface area contributed by atoms with Gasteiger partial charge in [0.25, 0.3) is 5.91 Å². The number of carbonyl (C=O) groups is 2. The summed E-state index contributed by atoms with van der Waals surface area (Å²) in [6, 6.07) is 1.72. The van der Waals surface area contributed by atoms with E-state index in [1.165, 1.54) is 23.7 Å². The highest BCUT2D eigenvalue weighted by Crippen LogP contribution is 2.16. The number of nitrogens with zero attached hydrogens (tertiary/aromatic N) is 5. The van der Waals surface area contributed by atoms with Gasteiger partial charge in [0.2, 0.25) is 17.7 Å². The molecule has 0 aliphatic heterocycles. The molecule has 0 radical (unpaired) electrons. The summed E-state index contributed by atoms with van der Waals surface area (Å²) in [6.45, 7) is 1.65. The first-order chi connectivity index (χ1) is 10.9. The van der Waals surface area contributed by atoms with Crippen LogP contribution in [0.5, 0.6) is 5.88 Å². The van der Waals surface area contributed by atoms with Crippen LogP contribution in [-0.4, -0.2) is 57.2 Å². The summed E-state index contributed by atoms with van der Waals surface area (Å²) in [7, 11) is 4.63. The third kappa shape index (κ3) is 4.02. The molecule has 23 heavy (non-hydrogen) atoms. The van der Waals surface area contributed by atoms with E-state index in [1.807, 2.05) is 0 Å². The molecule has 1 N–H and O–H groups in total. The lowest BCUT2D eigenvalue weighted by Crippen LogP contribution is -2.35. The third-order valence-electron chi connectivity index (χ3n) is 2.99. The van der Waals surface area contributed by atoms with E-state index in [1.54, 1.807) is 32.4 Å². The van der Waals surface area contributed by atoms with Crippen molar-refractivity contribution >= 4 is 17.8 Å². The molecule has 9 heteroatoms. The van der Waals surface area contributed by atoms with Crippen molar-refractivity contribution in [2.75, 3.05) is 26.0 Å². The van der Waals surface area contributed by atoms with Gasteiger partial charge in [0, 0.05) is 32.2 Å². The third-order valence-corrected chi connectivity index (χ3v) is 2.99. The smallest absolute Gasteiger partial charge is 0.261 e. The number of likely N-dealkylation sites (N-methyl/N-ethyl adjacent to an activating group) is 1. The minimum absolute atomic E-state index is 0.145. The van der Waals surface area contributed by atoms with Crippen LogP contribution in [0.3, 0.4) is 0 Å². The normalized spacial score (nSPS) is 10.3. The van der Waals surface area contributed by atoms with Gasteiger partial charge in [0.05, 0.1) is 13.7 Å². The van der Waals surface area contributed by atoms with Crippen LogP contribution in [0.15, 0.2) is 18.5 Å². The van der Waals surface area contributed by atoms with Crippen molar-refractivity contribution in [3.8, 4) is 5.88 Å². The Morgan fingerprint density at radius 1 is 1.43 bits per heavy atom. The van der Waals surface area contributed by atoms with Crippen LogP contribution in [0, 0.1) is 6.92 Å². The fourth-order valence-corrected chi connectivity index (χ4v) is 1.93. The zero-order valence-corrected chi connectivity index (χ0v) is 13.4. The maximum absolute atomic E-state index is 12.4. The number of ether oxygens (including phenoxy) is 1. The number of aryl methyl sites for hydroxylation is 2. The average Bonchev–Trinajstić information content (AvgIpc) is 2.87. The molecule has 0 spiro atoms. The van der Waals surface area contributed by atoms with Crippen LogP contribution < -0.4 is 10.1 Å². The molecular weight excluding hydrogens is 300 g/mol. The molecule has 0 saturated heterocycles. The molecule has 0 unspecified atom stereocenters. The predicted octanol–water partition coefficient (Wildman–Crippen LogP) is 0.238. The topological polar surface area (TPSA) is 102 Å². The number of hydrogen-bond acceptors (Lipinski definition) is 6. The van der Waals surface area contributed by atoms with Crippen molar-refractivity contribution in [2.24, 2.45) is 7.05 Å². The quantitative estimate of drug-likeness (QED) is 0.847. The highest BCUT2D eigenvalue weighted by molar-refractivity contribution is 5.99. The number of methoxy groups -OCH3 is 1. The van der Waals surface area contributed by atoms with Crippen LogP contribution in [0.4, 0.5) is 5.95 Å². The molecule has 0 saturated carbocycles. The molecule has 2 rings (SSSR count). The molecule has 0 aromatic carbocycles. The summed E-state index contributed by atoms with van der Waals surface area (Å²) in [5.41, 5.74) is 1.02. The van der Waals surface area contributed by atoms with E-state index >= 15 is 0 Å². The summed E-state index contributed by atoms with van der Waals surface area (Å²) in [5.74, 6) is -0.342. The molecule has 2 aromatic heterocycles. The first-order valence-electron chi connectivity index (χ1n) is 6.83. The molecule has 0 bridgehead atoms. The number of amides is 2. The van der Waals surface area contributed by atoms with Gasteiger partial charge >= 0.3 is 0 Å². The number of nitrogens with one attached hydrogen (secondary N) is 1. The van der Waals surface area contributed by atoms with Gasteiger partial charge < -0.3 is 9.64 Å². The van der Waals surface area contributed by atoms with Crippen molar-refractivity contribution < 1.29 is 14.3 Å². The fourth-order valence-electron chi connectivity index (χ4n) is 1.93. The molecule has 0 aliphatic rings. The zero-order chi connectivity index (χ0) is 17.0. The Morgan fingerprint density at radius 2 is 2.17 bits per heavy atom. The molecule has 0 fully saturated rings. The number of rotatable bonds is 5. The maximum Gasteiger partial charge on any atom is 0.261 e. The van der Waals surface area contributed by atoms with Crippen LogP contribution in [0.2, 0.25) is 0 Å². The van der Waals surface area contributed by atoms with E-state index in [0.29, 0.717) is 0 Å². The molecule has 2 amide bonds. The van der Waals surface area contributed by atoms with E-state index in [9.17, 15) is 9.59 Å². The molecule has 0 aliphatic carbocycles. The molecule has 122 valence electrons. The Bertz CT molecular complexity index is 727. The zero-order valence-electron chi connectivity index (χ0n) is 13.4. The van der Waals surface area contributed by atoms with Gasteiger partial charge in [-0.2, -0.15) is 0 Å². The van der Waals surface area contributed by atoms with E-state index in [0.717, 1.165) is 5.69 Å². The van der Waals surface area contributed by atoms with E-state index in [2.05, 4.69) is 20.4 Å². The largest absolute Gasteiger partial charge is 0.479 e. The summed E-state index contributed by atoms with van der Waals surface area (Å²) < 4.78 is 6.52. The van der Waals surface area contributed by atoms with Crippen molar-refractivity contribution in [3.05, 3.63) is 29.7 Å². The molecule has 9 nitrogen and oxygen atoms in total. The van der Waals surface area contributed by atoms with Crippen LogP contribution in [0.25, 0.3) is 0 Å². The van der Waals surface area contributed by atoms with Gasteiger partial charge in [0.1, 0.15) is 5.56 Å². The minimum Gasteiger partial charge on any atom is -0.479 e. The Balaban J connectivity index is 2.01. The summed E-state index contributed by atoms with van der Waals surface area (Å²) in [5, 5.41) is 6.56. The van der Waals surface area contributed by atoms with Crippen molar-refractivity contribution in [2.45, 2.75) is 6.92 Å². The summed E-state index contributed by atoms with van der Waals surface area (Å²) in [6.07, 6.45) is 3.09. The lowest BCUT2D eigenvalue weighted by Gasteiger charge is -2.16. The van der Waals surface area contributed by atoms with Crippen molar-refractivity contribution in [1.29, 1.82) is 0 Å². The first kappa shape index (κ1) is 16.4. The van der Waals surface area contributed by atoms with Crippen molar-refractivity contribution in [1.82, 2.24) is 24.6 Å². The lowest BCUT2D eigenvalue weighted by atomic mass is 10.3. The molecule has 2 aromatic rings. The van der Waals surface area contributed by atoms with Crippen molar-refractivity contribution in [3.63, 3.8) is 0 Å². The van der Waals surface area contributed by atoms with E-state index < -0.39 is 5.91 Å². The lowest BCUT2D eigenvalue weighted by molar-refractivity contribution is -0.116. The van der Waals surface area contributed by atoms with Gasteiger partial charge in [-0.3, -0.25) is 19.6 Å². The molecular formula is C14H18N6O3. The Labute approximate surface area is 133 Å². The predicted molar refractivity (Wildman–Crippen MR) is 82.1 cm³/mol. The van der Waals surface area contributed by atoms with Gasteiger partial charge in [-0.25, -0.2) is 9.97 Å². The second kappa shape index (κ2) is 6.86. The summed E-state index contributed by atoms with van der Waals surface area (Å²) in [4.78, 5) is 33.6. The number of aromatic nitrogens is 4. The maximum atomic E-state index is 12.4. The Kier molecular flexibility index (Phi) is 4.89. The second-order valence-electron chi connectivity index (χ2n) is 4.96. The van der Waals surface area contributed by atoms with E-state index in [4.69, 9.17) is 4.74 Å². The first-order valence-corrected chi connectivity index (χ1v) is 6.83. The van der Waals surface area contributed by atoms with Gasteiger partial charge in [0.15, 0.2) is 0 Å². The minimum atomic E-state index is -0.394. The standard InChI is InChI=1S/C14H18N6O3/c1-9-5-6-15-14(16-9)17-11(21)8-19(2)13(22)10-7-20(3)18-12(10)23-4/h5-7H,8H2,1-4H3,(H,15,16,17,21). The van der Waals surface area contributed by atoms with Crippen LogP contribution >= 0.6 is 0 Å². The number of hydrogen-bond donors (Lipinski definition) is 1. The Hall–Kier alpha value is -2.97. The second-order valence-corrected chi connectivity index (χ2v) is 4.96. The molecule has 0 atom stereocenters.